The van der Waals surface area contributed by atoms with Crippen molar-refractivity contribution in [1.29, 1.82) is 0 Å². The largest absolute Gasteiger partial charge is 0.461 e. The number of hydrogen-bond acceptors (Lipinski definition) is 5. The second kappa shape index (κ2) is 8.60. The number of carbonyl (C=O) groups excluding carboxylic acids is 2. The van der Waals surface area contributed by atoms with Gasteiger partial charge in [0.1, 0.15) is 6.61 Å². The molecule has 1 amide bonds. The molecular weight excluding hydrogens is 318 g/mol. The quantitative estimate of drug-likeness (QED) is 0.623. The SMILES string of the molecule is CSc1ccc(COC(=O)CCNC(=O)c2ccsc2)cc1. The fraction of sp³-hybridized carbons (Fsp3) is 0.250. The van der Waals surface area contributed by atoms with Crippen molar-refractivity contribution in [3.63, 3.8) is 0 Å². The summed E-state index contributed by atoms with van der Waals surface area (Å²) in [6.07, 6.45) is 2.18. The van der Waals surface area contributed by atoms with Crippen LogP contribution >= 0.6 is 23.1 Å². The Morgan fingerprint density at radius 1 is 1.23 bits per heavy atom. The van der Waals surface area contributed by atoms with Crippen LogP contribution in [-0.4, -0.2) is 24.7 Å². The summed E-state index contributed by atoms with van der Waals surface area (Å²) < 4.78 is 5.18. The molecule has 22 heavy (non-hydrogen) atoms. The van der Waals surface area contributed by atoms with Gasteiger partial charge in [-0.1, -0.05) is 12.1 Å². The van der Waals surface area contributed by atoms with E-state index in [0.29, 0.717) is 5.56 Å². The monoisotopic (exact) mass is 335 g/mol. The Labute approximate surface area is 137 Å². The third-order valence-electron chi connectivity index (χ3n) is 2.96. The zero-order valence-corrected chi connectivity index (χ0v) is 13.8. The van der Waals surface area contributed by atoms with Gasteiger partial charge in [-0.25, -0.2) is 0 Å². The summed E-state index contributed by atoms with van der Waals surface area (Å²) in [5.74, 6) is -0.485. The minimum atomic E-state index is -0.320. The summed E-state index contributed by atoms with van der Waals surface area (Å²) in [5, 5.41) is 6.30. The number of hydrogen-bond donors (Lipinski definition) is 1. The highest BCUT2D eigenvalue weighted by Gasteiger charge is 2.07. The third-order valence-corrected chi connectivity index (χ3v) is 4.38. The fourth-order valence-corrected chi connectivity index (χ4v) is 2.78. The second-order valence-corrected chi connectivity index (χ2v) is 6.19. The van der Waals surface area contributed by atoms with Gasteiger partial charge in [-0.05, 0) is 35.4 Å². The van der Waals surface area contributed by atoms with Crippen LogP contribution in [0.15, 0.2) is 46.0 Å². The van der Waals surface area contributed by atoms with Crippen LogP contribution in [0.1, 0.15) is 22.3 Å². The van der Waals surface area contributed by atoms with E-state index in [9.17, 15) is 9.59 Å². The van der Waals surface area contributed by atoms with Crippen LogP contribution in [0, 0.1) is 0 Å². The van der Waals surface area contributed by atoms with Crippen molar-refractivity contribution in [2.75, 3.05) is 12.8 Å². The Bertz CT molecular complexity index is 609. The Kier molecular flexibility index (Phi) is 6.48. The molecule has 1 N–H and O–H groups in total. The molecule has 2 aromatic rings. The predicted molar refractivity (Wildman–Crippen MR) is 89.3 cm³/mol. The lowest BCUT2D eigenvalue weighted by Gasteiger charge is -2.06. The van der Waals surface area contributed by atoms with Gasteiger partial charge in [-0.2, -0.15) is 11.3 Å². The molecule has 1 aromatic heterocycles. The number of nitrogens with one attached hydrogen (secondary N) is 1. The first-order valence-electron chi connectivity index (χ1n) is 6.78. The standard InChI is InChI=1S/C16H17NO3S2/c1-21-14-4-2-12(3-5-14)10-20-15(18)6-8-17-16(19)13-7-9-22-11-13/h2-5,7,9,11H,6,8,10H2,1H3,(H,17,19). The lowest BCUT2D eigenvalue weighted by Crippen LogP contribution is -2.26. The molecule has 6 heteroatoms. The summed E-state index contributed by atoms with van der Waals surface area (Å²) in [6, 6.07) is 9.62. The van der Waals surface area contributed by atoms with E-state index in [1.807, 2.05) is 35.9 Å². The summed E-state index contributed by atoms with van der Waals surface area (Å²) in [4.78, 5) is 24.5. The highest BCUT2D eigenvalue weighted by molar-refractivity contribution is 7.98. The van der Waals surface area contributed by atoms with Crippen molar-refractivity contribution in [3.8, 4) is 0 Å². The fourth-order valence-electron chi connectivity index (χ4n) is 1.73. The van der Waals surface area contributed by atoms with Crippen molar-refractivity contribution in [2.45, 2.75) is 17.9 Å². The molecule has 2 rings (SSSR count). The summed E-state index contributed by atoms with van der Waals surface area (Å²) in [6.45, 7) is 0.533. The van der Waals surface area contributed by atoms with Gasteiger partial charge < -0.3 is 10.1 Å². The first-order valence-corrected chi connectivity index (χ1v) is 8.95. The lowest BCUT2D eigenvalue weighted by molar-refractivity contribution is -0.144. The van der Waals surface area contributed by atoms with Gasteiger partial charge in [0.05, 0.1) is 6.42 Å². The molecule has 116 valence electrons. The van der Waals surface area contributed by atoms with Crippen LogP contribution in [0.25, 0.3) is 0 Å². The molecule has 0 atom stereocenters. The minimum Gasteiger partial charge on any atom is -0.461 e. The van der Waals surface area contributed by atoms with E-state index < -0.39 is 0 Å². The van der Waals surface area contributed by atoms with Crippen molar-refractivity contribution in [2.24, 2.45) is 0 Å². The number of carbonyl (C=O) groups is 2. The number of thioether (sulfide) groups is 1. The number of thiophene rings is 1. The number of rotatable bonds is 7. The third kappa shape index (κ3) is 5.20. The highest BCUT2D eigenvalue weighted by Crippen LogP contribution is 2.15. The van der Waals surface area contributed by atoms with Crippen LogP contribution in [0.5, 0.6) is 0 Å². The van der Waals surface area contributed by atoms with Gasteiger partial charge in [0.2, 0.25) is 0 Å². The van der Waals surface area contributed by atoms with E-state index in [1.165, 1.54) is 16.2 Å². The highest BCUT2D eigenvalue weighted by atomic mass is 32.2. The Balaban J connectivity index is 1.66. The normalized spacial score (nSPS) is 10.2. The Morgan fingerprint density at radius 3 is 2.64 bits per heavy atom. The molecular formula is C16H17NO3S2. The Hall–Kier alpha value is -1.79. The molecule has 0 saturated heterocycles. The molecule has 0 saturated carbocycles. The van der Waals surface area contributed by atoms with Crippen molar-refractivity contribution in [3.05, 3.63) is 52.2 Å². The average molecular weight is 335 g/mol. The van der Waals surface area contributed by atoms with Gasteiger partial charge in [-0.15, -0.1) is 11.8 Å². The van der Waals surface area contributed by atoms with E-state index in [0.717, 1.165) is 5.56 Å². The Morgan fingerprint density at radius 2 is 2.00 bits per heavy atom. The van der Waals surface area contributed by atoms with E-state index in [4.69, 9.17) is 4.74 Å². The van der Waals surface area contributed by atoms with Gasteiger partial charge in [0.15, 0.2) is 0 Å². The first-order chi connectivity index (χ1) is 10.7. The number of amides is 1. The molecule has 1 aromatic carbocycles. The molecule has 1 heterocycles. The molecule has 0 aliphatic heterocycles. The number of benzene rings is 1. The van der Waals surface area contributed by atoms with Crippen molar-refractivity contribution < 1.29 is 14.3 Å². The van der Waals surface area contributed by atoms with Crippen LogP contribution < -0.4 is 5.32 Å². The van der Waals surface area contributed by atoms with E-state index in [1.54, 1.807) is 23.2 Å². The number of esters is 1. The minimum absolute atomic E-state index is 0.165. The summed E-state index contributed by atoms with van der Waals surface area (Å²) >= 11 is 3.13. The molecule has 0 fully saturated rings. The predicted octanol–water partition coefficient (Wildman–Crippen LogP) is 3.33. The van der Waals surface area contributed by atoms with Crippen LogP contribution in [0.2, 0.25) is 0 Å². The van der Waals surface area contributed by atoms with E-state index >= 15 is 0 Å². The van der Waals surface area contributed by atoms with Gasteiger partial charge in [0.25, 0.3) is 5.91 Å². The topological polar surface area (TPSA) is 55.4 Å². The van der Waals surface area contributed by atoms with E-state index in [2.05, 4.69) is 5.32 Å². The molecule has 0 radical (unpaired) electrons. The van der Waals surface area contributed by atoms with E-state index in [-0.39, 0.29) is 31.4 Å². The maximum atomic E-state index is 11.7. The zero-order chi connectivity index (χ0) is 15.8. The smallest absolute Gasteiger partial charge is 0.307 e. The molecule has 0 aliphatic carbocycles. The van der Waals surface area contributed by atoms with Gasteiger partial charge >= 0.3 is 5.97 Å². The van der Waals surface area contributed by atoms with Crippen molar-refractivity contribution >= 4 is 35.0 Å². The molecule has 4 nitrogen and oxygen atoms in total. The zero-order valence-electron chi connectivity index (χ0n) is 12.2. The average Bonchev–Trinajstić information content (AvgIpc) is 3.08. The number of ether oxygens (including phenoxy) is 1. The first kappa shape index (κ1) is 16.6. The van der Waals surface area contributed by atoms with Crippen LogP contribution in [0.3, 0.4) is 0 Å². The maximum absolute atomic E-state index is 11.7. The van der Waals surface area contributed by atoms with Crippen molar-refractivity contribution in [1.82, 2.24) is 5.32 Å². The molecule has 0 spiro atoms. The second-order valence-electron chi connectivity index (χ2n) is 4.53. The van der Waals surface area contributed by atoms with Crippen LogP contribution in [-0.2, 0) is 16.1 Å². The molecule has 0 aliphatic rings. The molecule has 0 bridgehead atoms. The molecule has 0 unspecified atom stereocenters. The van der Waals surface area contributed by atoms with Gasteiger partial charge in [0, 0.05) is 22.4 Å². The van der Waals surface area contributed by atoms with Gasteiger partial charge in [-0.3, -0.25) is 9.59 Å². The lowest BCUT2D eigenvalue weighted by atomic mass is 10.2. The van der Waals surface area contributed by atoms with Crippen LogP contribution in [0.4, 0.5) is 0 Å². The summed E-state index contributed by atoms with van der Waals surface area (Å²) in [7, 11) is 0. The maximum Gasteiger partial charge on any atom is 0.307 e. The summed E-state index contributed by atoms with van der Waals surface area (Å²) in [5.41, 5.74) is 1.57.